The van der Waals surface area contributed by atoms with Crippen molar-refractivity contribution in [2.75, 3.05) is 18.0 Å². The average molecular weight is 296 g/mol. The number of anilines is 1. The van der Waals surface area contributed by atoms with Crippen LogP contribution in [-0.4, -0.2) is 13.1 Å². The third-order valence-electron chi connectivity index (χ3n) is 3.90. The number of alkyl halides is 1. The molecule has 2 heteroatoms. The van der Waals surface area contributed by atoms with E-state index in [9.17, 15) is 0 Å². The smallest absolute Gasteiger partial charge is 0.0407 e. The van der Waals surface area contributed by atoms with Gasteiger partial charge in [-0.1, -0.05) is 47.5 Å². The Balaban J connectivity index is 2.11. The fourth-order valence-electron chi connectivity index (χ4n) is 2.75. The minimum atomic E-state index is 0.941. The number of rotatable bonds is 3. The number of benzene rings is 1. The van der Waals surface area contributed by atoms with E-state index in [0.29, 0.717) is 0 Å². The predicted molar refractivity (Wildman–Crippen MR) is 78.9 cm³/mol. The second kappa shape index (κ2) is 6.44. The van der Waals surface area contributed by atoms with E-state index < -0.39 is 0 Å². The summed E-state index contributed by atoms with van der Waals surface area (Å²) in [5.74, 6) is 0.941. The maximum absolute atomic E-state index is 3.59. The molecule has 0 aromatic heterocycles. The quantitative estimate of drug-likeness (QED) is 0.737. The molecule has 0 saturated carbocycles. The first-order valence-corrected chi connectivity index (χ1v) is 7.86. The molecule has 0 aliphatic carbocycles. The van der Waals surface area contributed by atoms with E-state index in [1.807, 2.05) is 0 Å². The lowest BCUT2D eigenvalue weighted by Crippen LogP contribution is -2.25. The molecule has 1 fully saturated rings. The highest BCUT2D eigenvalue weighted by atomic mass is 79.9. The van der Waals surface area contributed by atoms with Crippen LogP contribution in [0.2, 0.25) is 0 Å². The zero-order chi connectivity index (χ0) is 12.1. The predicted octanol–water partition coefficient (Wildman–Crippen LogP) is 4.60. The molecular formula is C15H22BrN. The van der Waals surface area contributed by atoms with Crippen LogP contribution in [0.4, 0.5) is 5.69 Å². The van der Waals surface area contributed by atoms with Crippen LogP contribution in [0.25, 0.3) is 0 Å². The topological polar surface area (TPSA) is 3.24 Å². The van der Waals surface area contributed by atoms with E-state index in [-0.39, 0.29) is 0 Å². The molecule has 0 N–H and O–H groups in total. The van der Waals surface area contributed by atoms with Crippen molar-refractivity contribution in [1.29, 1.82) is 0 Å². The van der Waals surface area contributed by atoms with Gasteiger partial charge in [0.2, 0.25) is 0 Å². The molecule has 1 atom stereocenters. The summed E-state index contributed by atoms with van der Waals surface area (Å²) in [6.45, 7) is 4.77. The fraction of sp³-hybridized carbons (Fsp3) is 0.600. The van der Waals surface area contributed by atoms with Crippen LogP contribution >= 0.6 is 15.9 Å². The Morgan fingerprint density at radius 3 is 2.82 bits per heavy atom. The van der Waals surface area contributed by atoms with Crippen LogP contribution in [0.3, 0.4) is 0 Å². The first kappa shape index (κ1) is 12.9. The van der Waals surface area contributed by atoms with Crippen molar-refractivity contribution in [1.82, 2.24) is 0 Å². The van der Waals surface area contributed by atoms with Crippen molar-refractivity contribution in [3.63, 3.8) is 0 Å². The Bertz CT molecular complexity index is 351. The Kier molecular flexibility index (Phi) is 4.90. The van der Waals surface area contributed by atoms with Crippen molar-refractivity contribution in [3.8, 4) is 0 Å². The first-order valence-electron chi connectivity index (χ1n) is 6.74. The van der Waals surface area contributed by atoms with Crippen LogP contribution < -0.4 is 4.90 Å². The Hall–Kier alpha value is -0.500. The van der Waals surface area contributed by atoms with E-state index in [1.165, 1.54) is 50.0 Å². The van der Waals surface area contributed by atoms with Crippen molar-refractivity contribution in [3.05, 3.63) is 29.8 Å². The van der Waals surface area contributed by atoms with Crippen LogP contribution in [0, 0.1) is 5.92 Å². The van der Waals surface area contributed by atoms with E-state index in [0.717, 1.165) is 11.2 Å². The summed E-state index contributed by atoms with van der Waals surface area (Å²) >= 11 is 3.59. The molecule has 0 bridgehead atoms. The van der Waals surface area contributed by atoms with E-state index in [2.05, 4.69) is 52.0 Å². The Morgan fingerprint density at radius 2 is 2.06 bits per heavy atom. The second-order valence-electron chi connectivity index (χ2n) is 4.95. The average Bonchev–Trinajstić information content (AvgIpc) is 2.63. The minimum Gasteiger partial charge on any atom is -0.371 e. The number of halogens is 1. The molecule has 1 aromatic rings. The molecule has 0 radical (unpaired) electrons. The van der Waals surface area contributed by atoms with Crippen molar-refractivity contribution in [2.24, 2.45) is 5.92 Å². The van der Waals surface area contributed by atoms with E-state index in [4.69, 9.17) is 0 Å². The van der Waals surface area contributed by atoms with Gasteiger partial charge >= 0.3 is 0 Å². The molecule has 17 heavy (non-hydrogen) atoms. The molecule has 1 nitrogen and oxygen atoms in total. The summed E-state index contributed by atoms with van der Waals surface area (Å²) in [4.78, 5) is 2.58. The van der Waals surface area contributed by atoms with Crippen molar-refractivity contribution in [2.45, 2.75) is 37.9 Å². The number of hydrogen-bond donors (Lipinski definition) is 0. The highest BCUT2D eigenvalue weighted by molar-refractivity contribution is 9.08. The van der Waals surface area contributed by atoms with Gasteiger partial charge in [0.15, 0.2) is 0 Å². The molecule has 1 aliphatic rings. The molecule has 2 rings (SSSR count). The minimum absolute atomic E-state index is 0.941. The first-order chi connectivity index (χ1) is 8.35. The highest BCUT2D eigenvalue weighted by Crippen LogP contribution is 2.27. The molecule has 94 valence electrons. The van der Waals surface area contributed by atoms with Gasteiger partial charge in [0.25, 0.3) is 0 Å². The maximum atomic E-state index is 3.59. The molecule has 1 aliphatic heterocycles. The van der Waals surface area contributed by atoms with Gasteiger partial charge in [-0.2, -0.15) is 0 Å². The molecule has 0 spiro atoms. The van der Waals surface area contributed by atoms with Gasteiger partial charge in [-0.3, -0.25) is 0 Å². The highest BCUT2D eigenvalue weighted by Gasteiger charge is 2.17. The van der Waals surface area contributed by atoms with E-state index >= 15 is 0 Å². The molecule has 0 amide bonds. The zero-order valence-corrected chi connectivity index (χ0v) is 12.2. The van der Waals surface area contributed by atoms with Crippen LogP contribution in [0.1, 0.15) is 38.2 Å². The lowest BCUT2D eigenvalue weighted by atomic mass is 9.98. The summed E-state index contributed by atoms with van der Waals surface area (Å²) in [5.41, 5.74) is 2.85. The molecule has 1 saturated heterocycles. The third kappa shape index (κ3) is 3.25. The number of para-hydroxylation sites is 1. The molecule has 1 aromatic carbocycles. The molecule has 1 unspecified atom stereocenters. The van der Waals surface area contributed by atoms with Gasteiger partial charge in [0.05, 0.1) is 0 Å². The Labute approximate surface area is 113 Å². The lowest BCUT2D eigenvalue weighted by Gasteiger charge is -2.25. The SMILES string of the molecule is CCC1CCCN(c2ccccc2CBr)CC1. The van der Waals surface area contributed by atoms with Gasteiger partial charge in [0, 0.05) is 24.1 Å². The second-order valence-corrected chi connectivity index (χ2v) is 5.52. The van der Waals surface area contributed by atoms with Gasteiger partial charge in [-0.15, -0.1) is 0 Å². The monoisotopic (exact) mass is 295 g/mol. The molecular weight excluding hydrogens is 274 g/mol. The number of nitrogens with zero attached hydrogens (tertiary/aromatic N) is 1. The largest absolute Gasteiger partial charge is 0.371 e. The summed E-state index contributed by atoms with van der Waals surface area (Å²) in [6.07, 6.45) is 5.44. The van der Waals surface area contributed by atoms with E-state index in [1.54, 1.807) is 0 Å². The van der Waals surface area contributed by atoms with Crippen LogP contribution in [0.5, 0.6) is 0 Å². The third-order valence-corrected chi connectivity index (χ3v) is 4.51. The van der Waals surface area contributed by atoms with Crippen molar-refractivity contribution >= 4 is 21.6 Å². The van der Waals surface area contributed by atoms with Gasteiger partial charge in [0.1, 0.15) is 0 Å². The van der Waals surface area contributed by atoms with Gasteiger partial charge in [-0.05, 0) is 36.8 Å². The van der Waals surface area contributed by atoms with Gasteiger partial charge in [-0.25, -0.2) is 0 Å². The fourth-order valence-corrected chi connectivity index (χ4v) is 3.22. The number of hydrogen-bond acceptors (Lipinski definition) is 1. The van der Waals surface area contributed by atoms with Gasteiger partial charge < -0.3 is 4.90 Å². The summed E-state index contributed by atoms with van der Waals surface area (Å²) in [7, 11) is 0. The lowest BCUT2D eigenvalue weighted by molar-refractivity contribution is 0.459. The van der Waals surface area contributed by atoms with Crippen LogP contribution in [0.15, 0.2) is 24.3 Å². The van der Waals surface area contributed by atoms with Crippen molar-refractivity contribution < 1.29 is 0 Å². The van der Waals surface area contributed by atoms with Crippen LogP contribution in [-0.2, 0) is 5.33 Å². The Morgan fingerprint density at radius 1 is 1.24 bits per heavy atom. The normalized spacial score (nSPS) is 21.3. The molecule has 1 heterocycles. The summed E-state index contributed by atoms with van der Waals surface area (Å²) in [6, 6.07) is 8.78. The standard InChI is InChI=1S/C15H22BrN/c1-2-13-6-5-10-17(11-9-13)15-8-4-3-7-14(15)12-16/h3-4,7-8,13H,2,5-6,9-12H2,1H3. The summed E-state index contributed by atoms with van der Waals surface area (Å²) < 4.78 is 0. The zero-order valence-electron chi connectivity index (χ0n) is 10.7. The maximum Gasteiger partial charge on any atom is 0.0407 e. The summed E-state index contributed by atoms with van der Waals surface area (Å²) in [5, 5.41) is 0.955.